The zero-order valence-electron chi connectivity index (χ0n) is 13.9. The van der Waals surface area contributed by atoms with Crippen LogP contribution in [0.5, 0.6) is 0 Å². The van der Waals surface area contributed by atoms with Crippen molar-refractivity contribution in [2.75, 3.05) is 32.2 Å². The van der Waals surface area contributed by atoms with E-state index in [-0.39, 0.29) is 16.8 Å². The smallest absolute Gasteiger partial charge is 0.253 e. The van der Waals surface area contributed by atoms with Crippen molar-refractivity contribution in [3.63, 3.8) is 0 Å². The molecule has 11 heteroatoms. The average Bonchev–Trinajstić information content (AvgIpc) is 2.62. The first-order valence-corrected chi connectivity index (χ1v) is 9.71. The number of benzene rings is 1. The number of anilines is 1. The molecule has 0 fully saturated rings. The number of nitrogens with two attached hydrogens (primary N) is 1. The number of aliphatic hydroxyl groups is 4. The van der Waals surface area contributed by atoms with Crippen LogP contribution >= 0.6 is 45.2 Å². The minimum atomic E-state index is -0.844. The summed E-state index contributed by atoms with van der Waals surface area (Å²) >= 11 is 3.79. The summed E-state index contributed by atoms with van der Waals surface area (Å²) in [4.78, 5) is 25.2. The quantitative estimate of drug-likeness (QED) is 0.149. The lowest BCUT2D eigenvalue weighted by Gasteiger charge is -2.21. The fraction of sp³-hybridized carbons (Fsp3) is 0.467. The van der Waals surface area contributed by atoms with Gasteiger partial charge in [0.1, 0.15) is 0 Å². The Balaban J connectivity index is 3.40. The molecule has 8 N–H and O–H groups in total. The number of aliphatic hydroxyl groups excluding tert-OH is 4. The van der Waals surface area contributed by atoms with Crippen LogP contribution in [0, 0.1) is 14.1 Å². The molecule has 26 heavy (non-hydrogen) atoms. The Hall–Kier alpha value is -0.740. The molecule has 0 atom stereocenters. The number of halogens is 2. The predicted octanol–water partition coefficient (Wildman–Crippen LogP) is -1.05. The number of hydrogen-bond donors (Lipinski definition) is 7. The molecule has 1 aromatic rings. The molecule has 0 spiro atoms. The van der Waals surface area contributed by atoms with Gasteiger partial charge in [0.25, 0.3) is 11.8 Å². The van der Waals surface area contributed by atoms with Gasteiger partial charge in [-0.15, -0.1) is 0 Å². The number of amides is 2. The van der Waals surface area contributed by atoms with Crippen molar-refractivity contribution in [1.29, 1.82) is 0 Å². The van der Waals surface area contributed by atoms with Crippen LogP contribution in [0.15, 0.2) is 0 Å². The molecule has 0 unspecified atom stereocenters. The van der Waals surface area contributed by atoms with Gasteiger partial charge in [0.05, 0.1) is 62.5 Å². The van der Waals surface area contributed by atoms with Gasteiger partial charge in [-0.3, -0.25) is 9.59 Å². The SMILES string of the molecule is Cc1c(C(=O)NC(CO)CO)c(I)c(N)c(I)c1C(=O)NC(CO)CO. The number of carbonyl (C=O) groups excluding carboxylic acids is 2. The summed E-state index contributed by atoms with van der Waals surface area (Å²) < 4.78 is 0.878. The first-order valence-electron chi connectivity index (χ1n) is 7.55. The van der Waals surface area contributed by atoms with E-state index in [4.69, 9.17) is 26.2 Å². The molecule has 0 aliphatic rings. The number of nitrogen functional groups attached to an aromatic ring is 1. The van der Waals surface area contributed by atoms with Crippen LogP contribution in [0.3, 0.4) is 0 Å². The number of carbonyl (C=O) groups is 2. The molecule has 0 radical (unpaired) electrons. The molecule has 2 amide bonds. The number of rotatable bonds is 8. The van der Waals surface area contributed by atoms with Crippen LogP contribution in [0.1, 0.15) is 26.3 Å². The molecule has 146 valence electrons. The van der Waals surface area contributed by atoms with Crippen LogP contribution in [-0.2, 0) is 0 Å². The summed E-state index contributed by atoms with van der Waals surface area (Å²) in [6.07, 6.45) is 0. The third-order valence-corrected chi connectivity index (χ3v) is 5.91. The maximum atomic E-state index is 12.6. The minimum Gasteiger partial charge on any atom is -0.397 e. The van der Waals surface area contributed by atoms with Gasteiger partial charge in [0.2, 0.25) is 0 Å². The van der Waals surface area contributed by atoms with Gasteiger partial charge in [-0.05, 0) is 57.7 Å². The Kier molecular flexibility index (Phi) is 9.46. The van der Waals surface area contributed by atoms with Crippen molar-refractivity contribution < 1.29 is 30.0 Å². The summed E-state index contributed by atoms with van der Waals surface area (Å²) in [5, 5.41) is 41.5. The standard InChI is InChI=1S/C15H21I2N3O6/c1-6-9(14(25)19-7(2-21)3-22)11(16)13(18)12(17)10(6)15(26)20-8(4-23)5-24/h7-8,21-24H,2-5,18H2,1H3,(H,19,25)(H,20,26). The lowest BCUT2D eigenvalue weighted by atomic mass is 9.99. The maximum Gasteiger partial charge on any atom is 0.253 e. The van der Waals surface area contributed by atoms with Crippen molar-refractivity contribution in [3.8, 4) is 0 Å². The van der Waals surface area contributed by atoms with Crippen molar-refractivity contribution >= 4 is 62.7 Å². The summed E-state index contributed by atoms with van der Waals surface area (Å²) in [6, 6.07) is -1.69. The first kappa shape index (κ1) is 23.3. The molecule has 1 aromatic carbocycles. The van der Waals surface area contributed by atoms with Crippen LogP contribution in [0.4, 0.5) is 5.69 Å². The van der Waals surface area contributed by atoms with Crippen molar-refractivity contribution in [1.82, 2.24) is 10.6 Å². The van der Waals surface area contributed by atoms with Gasteiger partial charge in [-0.1, -0.05) is 0 Å². The molecule has 9 nitrogen and oxygen atoms in total. The fourth-order valence-electron chi connectivity index (χ4n) is 2.17. The summed E-state index contributed by atoms with van der Waals surface area (Å²) in [5.41, 5.74) is 6.95. The van der Waals surface area contributed by atoms with E-state index >= 15 is 0 Å². The van der Waals surface area contributed by atoms with E-state index in [9.17, 15) is 9.59 Å². The Morgan fingerprint density at radius 1 is 0.885 bits per heavy atom. The summed E-state index contributed by atoms with van der Waals surface area (Å²) in [6.45, 7) is -0.202. The highest BCUT2D eigenvalue weighted by Crippen LogP contribution is 2.32. The van der Waals surface area contributed by atoms with Crippen molar-refractivity contribution in [2.24, 2.45) is 0 Å². The van der Waals surface area contributed by atoms with Gasteiger partial charge in [-0.2, -0.15) is 0 Å². The normalized spacial score (nSPS) is 11.1. The van der Waals surface area contributed by atoms with Crippen molar-refractivity contribution in [2.45, 2.75) is 19.0 Å². The molecule has 0 aliphatic carbocycles. The van der Waals surface area contributed by atoms with Gasteiger partial charge >= 0.3 is 0 Å². The fourth-order valence-corrected chi connectivity index (χ4v) is 4.53. The van der Waals surface area contributed by atoms with Gasteiger partial charge < -0.3 is 36.8 Å². The summed E-state index contributed by atoms with van der Waals surface area (Å²) in [5.74, 6) is -1.17. The van der Waals surface area contributed by atoms with E-state index in [2.05, 4.69) is 10.6 Å². The van der Waals surface area contributed by atoms with Crippen LogP contribution in [0.25, 0.3) is 0 Å². The van der Waals surface area contributed by atoms with Gasteiger partial charge in [0, 0.05) is 0 Å². The third-order valence-electron chi connectivity index (χ3n) is 3.67. The van der Waals surface area contributed by atoms with E-state index < -0.39 is 50.3 Å². The van der Waals surface area contributed by atoms with Crippen molar-refractivity contribution in [3.05, 3.63) is 23.8 Å². The number of nitrogens with one attached hydrogen (secondary N) is 2. The van der Waals surface area contributed by atoms with E-state index in [0.717, 1.165) is 0 Å². The number of hydrogen-bond acceptors (Lipinski definition) is 7. The highest BCUT2D eigenvalue weighted by molar-refractivity contribution is 14.1. The molecular weight excluding hydrogens is 572 g/mol. The van der Waals surface area contributed by atoms with E-state index in [1.165, 1.54) is 0 Å². The van der Waals surface area contributed by atoms with Crippen LogP contribution < -0.4 is 16.4 Å². The highest BCUT2D eigenvalue weighted by atomic mass is 127. The first-order chi connectivity index (χ1) is 12.2. The zero-order valence-corrected chi connectivity index (χ0v) is 18.2. The molecule has 0 aromatic heterocycles. The second-order valence-electron chi connectivity index (χ2n) is 5.49. The van der Waals surface area contributed by atoms with Crippen LogP contribution in [-0.4, -0.2) is 70.8 Å². The molecule has 0 saturated heterocycles. The molecule has 0 bridgehead atoms. The largest absolute Gasteiger partial charge is 0.397 e. The lowest BCUT2D eigenvalue weighted by Crippen LogP contribution is -2.42. The van der Waals surface area contributed by atoms with E-state index in [1.54, 1.807) is 6.92 Å². The lowest BCUT2D eigenvalue weighted by molar-refractivity contribution is 0.0874. The zero-order chi connectivity index (χ0) is 20.0. The third kappa shape index (κ3) is 5.16. The Labute approximate surface area is 177 Å². The molecular formula is C15H21I2N3O6. The average molecular weight is 593 g/mol. The van der Waals surface area contributed by atoms with Crippen LogP contribution in [0.2, 0.25) is 0 Å². The Bertz CT molecular complexity index is 625. The van der Waals surface area contributed by atoms with Gasteiger partial charge in [-0.25, -0.2) is 0 Å². The Morgan fingerprint density at radius 3 is 1.46 bits per heavy atom. The maximum absolute atomic E-state index is 12.6. The Morgan fingerprint density at radius 2 is 1.19 bits per heavy atom. The highest BCUT2D eigenvalue weighted by Gasteiger charge is 2.27. The van der Waals surface area contributed by atoms with E-state index in [0.29, 0.717) is 12.7 Å². The minimum absolute atomic E-state index is 0.158. The second-order valence-corrected chi connectivity index (χ2v) is 7.65. The van der Waals surface area contributed by atoms with E-state index in [1.807, 2.05) is 45.2 Å². The monoisotopic (exact) mass is 593 g/mol. The molecule has 0 saturated carbocycles. The predicted molar refractivity (Wildman–Crippen MR) is 112 cm³/mol. The summed E-state index contributed by atoms with van der Waals surface area (Å²) in [7, 11) is 0. The second kappa shape index (κ2) is 10.6. The topological polar surface area (TPSA) is 165 Å². The molecule has 1 rings (SSSR count). The molecule has 0 heterocycles. The van der Waals surface area contributed by atoms with Gasteiger partial charge in [0.15, 0.2) is 0 Å². The molecule has 0 aliphatic heterocycles.